The van der Waals surface area contributed by atoms with Crippen LogP contribution >= 0.6 is 11.3 Å². The van der Waals surface area contributed by atoms with Gasteiger partial charge in [-0.15, -0.1) is 0 Å². The molecule has 0 saturated carbocycles. The number of anilines is 1. The summed E-state index contributed by atoms with van der Waals surface area (Å²) in [4.78, 5) is 49.2. The van der Waals surface area contributed by atoms with E-state index in [0.717, 1.165) is 17.8 Å². The first-order valence-corrected chi connectivity index (χ1v) is 13.2. The zero-order chi connectivity index (χ0) is 28.1. The lowest BCUT2D eigenvalue weighted by atomic mass is 9.95. The summed E-state index contributed by atoms with van der Waals surface area (Å²) in [5.74, 6) is -1.67. The average molecular weight is 548 g/mol. The van der Waals surface area contributed by atoms with Gasteiger partial charge >= 0.3 is 11.9 Å². The maximum absolute atomic E-state index is 13.5. The molecule has 0 bridgehead atoms. The fourth-order valence-corrected chi connectivity index (χ4v) is 5.06. The molecule has 1 amide bonds. The van der Waals surface area contributed by atoms with Crippen LogP contribution < -0.4 is 9.64 Å². The molecule has 3 aromatic rings. The van der Waals surface area contributed by atoms with Crippen LogP contribution in [0.4, 0.5) is 5.13 Å². The molecule has 4 rings (SSSR count). The van der Waals surface area contributed by atoms with Crippen molar-refractivity contribution in [2.75, 3.05) is 18.1 Å². The molecule has 39 heavy (non-hydrogen) atoms. The molecule has 202 valence electrons. The molecule has 1 aliphatic rings. The van der Waals surface area contributed by atoms with Crippen LogP contribution in [0.25, 0.3) is 5.76 Å². The van der Waals surface area contributed by atoms with E-state index >= 15 is 0 Å². The number of benzene rings is 1. The van der Waals surface area contributed by atoms with Crippen molar-refractivity contribution < 1.29 is 29.0 Å². The standard InChI is InChI=1S/C29H29N3O6S/c1-5-14-38-28(36)26-18(4)31-29(39-26)32-23(20-7-6-8-21(16-20)37-15-11-17(2)3)22(25(34)27(32)35)24(33)19-9-12-30-13-10-19/h5-10,12-13,16-17,23,33H,1,11,14-15H2,2-4H3. The van der Waals surface area contributed by atoms with Crippen molar-refractivity contribution in [1.29, 1.82) is 0 Å². The lowest BCUT2D eigenvalue weighted by Gasteiger charge is -2.23. The SMILES string of the molecule is C=CCOC(=O)c1sc(N2C(=O)C(=O)C(=C(O)c3ccncc3)C2c2cccc(OCCC(C)C)c2)nc1C. The van der Waals surface area contributed by atoms with E-state index < -0.39 is 23.7 Å². The summed E-state index contributed by atoms with van der Waals surface area (Å²) in [6, 6.07) is 9.12. The number of hydrogen-bond donors (Lipinski definition) is 1. The number of pyridine rings is 1. The number of amides is 1. The Kier molecular flexibility index (Phi) is 8.55. The molecule has 9 nitrogen and oxygen atoms in total. The summed E-state index contributed by atoms with van der Waals surface area (Å²) in [5.41, 5.74) is 1.12. The fourth-order valence-electron chi connectivity index (χ4n) is 4.07. The number of ether oxygens (including phenoxy) is 2. The highest BCUT2D eigenvalue weighted by Crippen LogP contribution is 2.44. The highest BCUT2D eigenvalue weighted by molar-refractivity contribution is 7.17. The molecular formula is C29H29N3O6S. The van der Waals surface area contributed by atoms with Gasteiger partial charge in [-0.3, -0.25) is 19.5 Å². The van der Waals surface area contributed by atoms with Gasteiger partial charge in [0, 0.05) is 18.0 Å². The van der Waals surface area contributed by atoms with Gasteiger partial charge in [0.2, 0.25) is 0 Å². The first kappa shape index (κ1) is 27.7. The minimum atomic E-state index is -1.02. The van der Waals surface area contributed by atoms with E-state index in [2.05, 4.69) is 30.4 Å². The number of thiazole rings is 1. The third kappa shape index (κ3) is 5.91. The zero-order valence-electron chi connectivity index (χ0n) is 21.9. The van der Waals surface area contributed by atoms with Crippen molar-refractivity contribution in [3.05, 3.63) is 88.7 Å². The van der Waals surface area contributed by atoms with E-state index in [1.54, 1.807) is 43.3 Å². The van der Waals surface area contributed by atoms with E-state index in [1.165, 1.54) is 23.4 Å². The van der Waals surface area contributed by atoms with Crippen LogP contribution in [0.1, 0.15) is 52.8 Å². The van der Waals surface area contributed by atoms with Crippen LogP contribution in [0.2, 0.25) is 0 Å². The number of aromatic nitrogens is 2. The van der Waals surface area contributed by atoms with Crippen LogP contribution in [0.3, 0.4) is 0 Å². The molecule has 1 N–H and O–H groups in total. The summed E-state index contributed by atoms with van der Waals surface area (Å²) in [5, 5.41) is 11.4. The van der Waals surface area contributed by atoms with Gasteiger partial charge < -0.3 is 14.6 Å². The number of esters is 1. The Morgan fingerprint density at radius 2 is 1.97 bits per heavy atom. The maximum Gasteiger partial charge on any atom is 0.350 e. The van der Waals surface area contributed by atoms with E-state index in [-0.39, 0.29) is 27.9 Å². The van der Waals surface area contributed by atoms with Crippen molar-refractivity contribution in [3.63, 3.8) is 0 Å². The summed E-state index contributed by atoms with van der Waals surface area (Å²) in [6.45, 7) is 9.88. The second kappa shape index (κ2) is 12.0. The number of aryl methyl sites for hydroxylation is 1. The van der Waals surface area contributed by atoms with Gasteiger partial charge in [0.1, 0.15) is 23.0 Å². The molecule has 0 radical (unpaired) electrons. The Morgan fingerprint density at radius 3 is 2.67 bits per heavy atom. The molecular weight excluding hydrogens is 518 g/mol. The van der Waals surface area contributed by atoms with E-state index in [0.29, 0.717) is 35.1 Å². The van der Waals surface area contributed by atoms with Crippen LogP contribution in [0.5, 0.6) is 5.75 Å². The minimum Gasteiger partial charge on any atom is -0.507 e. The van der Waals surface area contributed by atoms with Gasteiger partial charge in [0.05, 0.1) is 23.9 Å². The first-order chi connectivity index (χ1) is 18.7. The number of Topliss-reactive ketones (excluding diaryl/α,β-unsaturated/α-hetero) is 1. The lowest BCUT2D eigenvalue weighted by molar-refractivity contribution is -0.132. The molecule has 1 aliphatic heterocycles. The monoisotopic (exact) mass is 547 g/mol. The predicted octanol–water partition coefficient (Wildman–Crippen LogP) is 5.24. The highest BCUT2D eigenvalue weighted by Gasteiger charge is 2.48. The van der Waals surface area contributed by atoms with Gasteiger partial charge in [-0.25, -0.2) is 9.78 Å². The number of aliphatic hydroxyl groups is 1. The van der Waals surface area contributed by atoms with E-state index in [9.17, 15) is 19.5 Å². The number of aliphatic hydroxyl groups excluding tert-OH is 1. The van der Waals surface area contributed by atoms with Crippen molar-refractivity contribution in [1.82, 2.24) is 9.97 Å². The number of nitrogens with zero attached hydrogens (tertiary/aromatic N) is 3. The van der Waals surface area contributed by atoms with Crippen LogP contribution in [-0.4, -0.2) is 45.9 Å². The molecule has 10 heteroatoms. The van der Waals surface area contributed by atoms with Crippen molar-refractivity contribution in [2.45, 2.75) is 33.2 Å². The fraction of sp³-hybridized carbons (Fsp3) is 0.276. The van der Waals surface area contributed by atoms with Gasteiger partial charge in [0.15, 0.2) is 5.13 Å². The minimum absolute atomic E-state index is 0.0194. The van der Waals surface area contributed by atoms with Gasteiger partial charge in [-0.2, -0.15) is 0 Å². The maximum atomic E-state index is 13.5. The third-order valence-electron chi connectivity index (χ3n) is 6.05. The van der Waals surface area contributed by atoms with Crippen molar-refractivity contribution >= 4 is 39.9 Å². The zero-order valence-corrected chi connectivity index (χ0v) is 22.7. The highest BCUT2D eigenvalue weighted by atomic mass is 32.1. The first-order valence-electron chi connectivity index (χ1n) is 12.4. The molecule has 3 heterocycles. The van der Waals surface area contributed by atoms with Crippen LogP contribution in [0.15, 0.2) is 67.0 Å². The Labute approximate surface area is 230 Å². The lowest BCUT2D eigenvalue weighted by Crippen LogP contribution is -2.29. The van der Waals surface area contributed by atoms with Crippen molar-refractivity contribution in [3.8, 4) is 5.75 Å². The second-order valence-corrected chi connectivity index (χ2v) is 10.3. The van der Waals surface area contributed by atoms with E-state index in [1.807, 2.05) is 0 Å². The Hall–Kier alpha value is -4.31. The largest absolute Gasteiger partial charge is 0.507 e. The van der Waals surface area contributed by atoms with Crippen molar-refractivity contribution in [2.24, 2.45) is 5.92 Å². The topological polar surface area (TPSA) is 119 Å². The van der Waals surface area contributed by atoms with Crippen LogP contribution in [-0.2, 0) is 14.3 Å². The summed E-state index contributed by atoms with van der Waals surface area (Å²) < 4.78 is 11.1. The van der Waals surface area contributed by atoms with Gasteiger partial charge in [0.25, 0.3) is 5.78 Å². The smallest absolute Gasteiger partial charge is 0.350 e. The van der Waals surface area contributed by atoms with Crippen LogP contribution in [0, 0.1) is 12.8 Å². The van der Waals surface area contributed by atoms with E-state index in [4.69, 9.17) is 9.47 Å². The Balaban J connectivity index is 1.83. The van der Waals surface area contributed by atoms with Gasteiger partial charge in [-0.1, -0.05) is 50.0 Å². The molecule has 1 atom stereocenters. The quantitative estimate of drug-likeness (QED) is 0.120. The summed E-state index contributed by atoms with van der Waals surface area (Å²) in [6.07, 6.45) is 5.26. The second-order valence-electron chi connectivity index (χ2n) is 9.31. The van der Waals surface area contributed by atoms with Gasteiger partial charge in [-0.05, 0) is 49.1 Å². The summed E-state index contributed by atoms with van der Waals surface area (Å²) >= 11 is 0.938. The molecule has 2 aromatic heterocycles. The molecule has 0 spiro atoms. The number of carbonyl (C=O) groups excluding carboxylic acids is 3. The Bertz CT molecular complexity index is 1430. The molecule has 1 unspecified atom stereocenters. The number of hydrogen-bond acceptors (Lipinski definition) is 9. The molecule has 1 saturated heterocycles. The molecule has 0 aliphatic carbocycles. The third-order valence-corrected chi connectivity index (χ3v) is 7.18. The average Bonchev–Trinajstić information content (AvgIpc) is 3.43. The number of rotatable bonds is 10. The molecule has 1 fully saturated rings. The summed E-state index contributed by atoms with van der Waals surface area (Å²) in [7, 11) is 0. The number of ketones is 1. The Morgan fingerprint density at radius 1 is 1.23 bits per heavy atom. The molecule has 1 aromatic carbocycles. The predicted molar refractivity (Wildman–Crippen MR) is 148 cm³/mol. The normalized spacial score (nSPS) is 16.5. The number of carbonyl (C=O) groups is 3.